The molecule has 0 radical (unpaired) electrons. The number of likely N-dealkylation sites (tertiary alicyclic amines) is 1. The first-order chi connectivity index (χ1) is 11.4. The summed E-state index contributed by atoms with van der Waals surface area (Å²) in [6.45, 7) is 2.73. The number of phenols is 1. The molecule has 5 nitrogen and oxygen atoms in total. The third-order valence-corrected chi connectivity index (χ3v) is 7.00. The molecule has 4 rings (SSSR count). The van der Waals surface area contributed by atoms with Crippen LogP contribution in [0.15, 0.2) is 12.1 Å². The van der Waals surface area contributed by atoms with E-state index < -0.39 is 11.0 Å². The lowest BCUT2D eigenvalue weighted by atomic mass is 9.46. The quantitative estimate of drug-likeness (QED) is 0.818. The summed E-state index contributed by atoms with van der Waals surface area (Å²) >= 11 is 0. The van der Waals surface area contributed by atoms with Gasteiger partial charge in [-0.05, 0) is 44.5 Å². The zero-order chi connectivity index (χ0) is 17.3. The number of rotatable bonds is 1. The van der Waals surface area contributed by atoms with Crippen LogP contribution in [-0.2, 0) is 16.6 Å². The summed E-state index contributed by atoms with van der Waals surface area (Å²) in [7, 11) is 3.57. The average molecular weight is 331 g/mol. The maximum absolute atomic E-state index is 12.6. The lowest BCUT2D eigenvalue weighted by molar-refractivity contribution is -0.183. The topological polar surface area (TPSA) is 70.0 Å². The number of hydrogen-bond donors (Lipinski definition) is 2. The van der Waals surface area contributed by atoms with Crippen molar-refractivity contribution in [2.45, 2.75) is 49.7 Å². The van der Waals surface area contributed by atoms with E-state index in [-0.39, 0.29) is 23.5 Å². The molecule has 1 aromatic rings. The highest BCUT2D eigenvalue weighted by molar-refractivity contribution is 5.85. The van der Waals surface area contributed by atoms with Crippen molar-refractivity contribution in [2.24, 2.45) is 5.92 Å². The molecule has 1 heterocycles. The van der Waals surface area contributed by atoms with Gasteiger partial charge in [-0.3, -0.25) is 4.79 Å². The standard InChI is InChI=1S/C19H25NO4/c1-11-13(21)6-7-19(23)15-10-12-4-5-14(24-3)17(22)16(12)18(11,19)8-9-20(15)2/h4-5,11,15,22-23H,6-10H2,1-3H3/t11-,15+,18+,19+/m0/s1. The zero-order valence-corrected chi connectivity index (χ0v) is 14.5. The van der Waals surface area contributed by atoms with Crippen LogP contribution in [0.2, 0.25) is 0 Å². The molecule has 2 fully saturated rings. The Labute approximate surface area is 142 Å². The lowest BCUT2D eigenvalue weighted by Crippen LogP contribution is -2.75. The van der Waals surface area contributed by atoms with Gasteiger partial charge >= 0.3 is 0 Å². The summed E-state index contributed by atoms with van der Waals surface area (Å²) in [5.74, 6) is 0.369. The second kappa shape index (κ2) is 4.96. The Kier molecular flexibility index (Phi) is 3.29. The molecule has 3 aliphatic rings. The Bertz CT molecular complexity index is 718. The van der Waals surface area contributed by atoms with Gasteiger partial charge in [0.05, 0.1) is 12.7 Å². The monoisotopic (exact) mass is 331 g/mol. The third-order valence-electron chi connectivity index (χ3n) is 7.00. The number of piperidine rings is 1. The Hall–Kier alpha value is -1.59. The van der Waals surface area contributed by atoms with Gasteiger partial charge in [-0.15, -0.1) is 0 Å². The normalized spacial score (nSPS) is 38.4. The van der Waals surface area contributed by atoms with E-state index in [0.717, 1.165) is 17.7 Å². The van der Waals surface area contributed by atoms with Crippen molar-refractivity contribution in [3.8, 4) is 11.5 Å². The molecule has 2 N–H and O–H groups in total. The number of benzene rings is 1. The number of methoxy groups -OCH3 is 1. The fourth-order valence-electron chi connectivity index (χ4n) is 5.71. The maximum Gasteiger partial charge on any atom is 0.161 e. The van der Waals surface area contributed by atoms with Crippen LogP contribution in [0.5, 0.6) is 11.5 Å². The summed E-state index contributed by atoms with van der Waals surface area (Å²) in [6.07, 6.45) is 2.21. The molecular weight excluding hydrogens is 306 g/mol. The van der Waals surface area contributed by atoms with E-state index in [9.17, 15) is 15.0 Å². The van der Waals surface area contributed by atoms with Crippen molar-refractivity contribution in [3.63, 3.8) is 0 Å². The van der Waals surface area contributed by atoms with Gasteiger partial charge in [0.2, 0.25) is 0 Å². The Balaban J connectivity index is 2.05. The van der Waals surface area contributed by atoms with Crippen LogP contribution >= 0.6 is 0 Å². The van der Waals surface area contributed by atoms with Crippen LogP contribution in [0.3, 0.4) is 0 Å². The molecule has 0 amide bonds. The first-order valence-electron chi connectivity index (χ1n) is 8.71. The van der Waals surface area contributed by atoms with E-state index >= 15 is 0 Å². The smallest absolute Gasteiger partial charge is 0.161 e. The first kappa shape index (κ1) is 15.9. The van der Waals surface area contributed by atoms with Crippen LogP contribution in [0, 0.1) is 5.92 Å². The average Bonchev–Trinajstić information content (AvgIpc) is 2.55. The molecule has 130 valence electrons. The van der Waals surface area contributed by atoms with Gasteiger partial charge in [0, 0.05) is 29.4 Å². The highest BCUT2D eigenvalue weighted by atomic mass is 16.5. The second-order valence-electron chi connectivity index (χ2n) is 7.68. The van der Waals surface area contributed by atoms with E-state index in [0.29, 0.717) is 31.4 Å². The number of phenolic OH excluding ortho intramolecular Hbond substituents is 1. The maximum atomic E-state index is 12.6. The van der Waals surface area contributed by atoms with Crippen LogP contribution in [0.4, 0.5) is 0 Å². The summed E-state index contributed by atoms with van der Waals surface area (Å²) in [4.78, 5) is 14.8. The van der Waals surface area contributed by atoms with Gasteiger partial charge in [-0.1, -0.05) is 13.0 Å². The summed E-state index contributed by atoms with van der Waals surface area (Å²) in [5.41, 5.74) is 0.0425. The zero-order valence-electron chi connectivity index (χ0n) is 14.5. The molecule has 2 aliphatic carbocycles. The van der Waals surface area contributed by atoms with Crippen molar-refractivity contribution in [2.75, 3.05) is 20.7 Å². The van der Waals surface area contributed by atoms with Gasteiger partial charge in [-0.2, -0.15) is 0 Å². The number of aromatic hydroxyl groups is 1. The Morgan fingerprint density at radius 3 is 2.79 bits per heavy atom. The lowest BCUT2D eigenvalue weighted by Gasteiger charge is -2.64. The summed E-state index contributed by atoms with van der Waals surface area (Å²) in [5, 5.41) is 22.7. The van der Waals surface area contributed by atoms with Crippen LogP contribution in [-0.4, -0.2) is 53.2 Å². The van der Waals surface area contributed by atoms with Gasteiger partial charge < -0.3 is 19.8 Å². The first-order valence-corrected chi connectivity index (χ1v) is 8.71. The van der Waals surface area contributed by atoms with Crippen LogP contribution < -0.4 is 4.74 Å². The molecule has 1 saturated carbocycles. The van der Waals surface area contributed by atoms with E-state index in [1.54, 1.807) is 6.07 Å². The Morgan fingerprint density at radius 1 is 1.33 bits per heavy atom. The summed E-state index contributed by atoms with van der Waals surface area (Å²) in [6, 6.07) is 3.73. The number of ketones is 1. The summed E-state index contributed by atoms with van der Waals surface area (Å²) < 4.78 is 5.31. The van der Waals surface area contributed by atoms with Gasteiger partial charge in [0.25, 0.3) is 0 Å². The van der Waals surface area contributed by atoms with Crippen LogP contribution in [0.25, 0.3) is 0 Å². The van der Waals surface area contributed by atoms with Crippen LogP contribution in [0.1, 0.15) is 37.3 Å². The molecule has 4 atom stereocenters. The fraction of sp³-hybridized carbons (Fsp3) is 0.632. The van der Waals surface area contributed by atoms with Crippen molar-refractivity contribution in [1.82, 2.24) is 4.90 Å². The molecular formula is C19H25NO4. The van der Waals surface area contributed by atoms with E-state index in [4.69, 9.17) is 4.74 Å². The largest absolute Gasteiger partial charge is 0.504 e. The van der Waals surface area contributed by atoms with E-state index in [1.807, 2.05) is 20.0 Å². The highest BCUT2D eigenvalue weighted by Crippen LogP contribution is 2.62. The van der Waals surface area contributed by atoms with Crippen molar-refractivity contribution in [3.05, 3.63) is 23.3 Å². The molecule has 0 aromatic heterocycles. The predicted octanol–water partition coefficient (Wildman–Crippen LogP) is 1.63. The number of carbonyl (C=O) groups is 1. The van der Waals surface area contributed by atoms with Gasteiger partial charge in [-0.25, -0.2) is 0 Å². The number of likely N-dealkylation sites (N-methyl/N-ethyl adjacent to an activating group) is 1. The number of aliphatic hydroxyl groups is 1. The number of nitrogens with zero attached hydrogens (tertiary/aromatic N) is 1. The van der Waals surface area contributed by atoms with Gasteiger partial charge in [0.15, 0.2) is 11.5 Å². The van der Waals surface area contributed by atoms with E-state index in [2.05, 4.69) is 4.90 Å². The molecule has 5 heteroatoms. The van der Waals surface area contributed by atoms with Crippen molar-refractivity contribution >= 4 is 5.78 Å². The molecule has 0 unspecified atom stereocenters. The van der Waals surface area contributed by atoms with Crippen molar-refractivity contribution < 1.29 is 19.7 Å². The minimum Gasteiger partial charge on any atom is -0.504 e. The fourth-order valence-corrected chi connectivity index (χ4v) is 5.71. The molecule has 1 saturated heterocycles. The predicted molar refractivity (Wildman–Crippen MR) is 89.4 cm³/mol. The molecule has 2 bridgehead atoms. The SMILES string of the molecule is COc1ccc2c(c1O)[C@]13CCN(C)[C@H](C2)[C@]1(O)CCC(=O)[C@@H]3C. The number of fused-ring (bicyclic) bond motifs is 1. The molecule has 1 aromatic carbocycles. The highest BCUT2D eigenvalue weighted by Gasteiger charge is 2.67. The number of carbonyl (C=O) groups excluding carboxylic acids is 1. The number of hydrogen-bond acceptors (Lipinski definition) is 5. The number of ether oxygens (including phenoxy) is 1. The molecule has 1 aliphatic heterocycles. The minimum atomic E-state index is -0.996. The Morgan fingerprint density at radius 2 is 2.08 bits per heavy atom. The minimum absolute atomic E-state index is 0.0258. The van der Waals surface area contributed by atoms with Crippen molar-refractivity contribution in [1.29, 1.82) is 0 Å². The third kappa shape index (κ3) is 1.64. The molecule has 0 spiro atoms. The van der Waals surface area contributed by atoms with E-state index in [1.165, 1.54) is 7.11 Å². The molecule has 24 heavy (non-hydrogen) atoms. The van der Waals surface area contributed by atoms with Gasteiger partial charge in [0.1, 0.15) is 5.78 Å². The number of Topliss-reactive ketones (excluding diaryl/α,β-unsaturated/α-hetero) is 1. The second-order valence-corrected chi connectivity index (χ2v) is 7.68.